The van der Waals surface area contributed by atoms with Gasteiger partial charge in [-0.3, -0.25) is 9.59 Å². The first-order valence-corrected chi connectivity index (χ1v) is 5.28. The number of likely N-dealkylation sites (tertiary alicyclic amines) is 1. The van der Waals surface area contributed by atoms with Crippen LogP contribution in [0.4, 0.5) is 8.78 Å². The number of carbonyl (C=O) groups excluding carboxylic acids is 1. The Balaban J connectivity index is 2.33. The van der Waals surface area contributed by atoms with Gasteiger partial charge in [-0.1, -0.05) is 0 Å². The smallest absolute Gasteiger partial charge is 0.303 e. The summed E-state index contributed by atoms with van der Waals surface area (Å²) in [6, 6.07) is 0. The summed E-state index contributed by atoms with van der Waals surface area (Å²) < 4.78 is 26.0. The van der Waals surface area contributed by atoms with Gasteiger partial charge in [0, 0.05) is 25.8 Å². The maximum atomic E-state index is 13.0. The van der Waals surface area contributed by atoms with Crippen LogP contribution in [-0.2, 0) is 9.59 Å². The molecule has 16 heavy (non-hydrogen) atoms. The summed E-state index contributed by atoms with van der Waals surface area (Å²) in [5.41, 5.74) is 0. The number of rotatable bonds is 4. The number of amides is 1. The SMILES string of the molecule is O=C(O)CCCC(=O)N1CCCC(F)(F)C1. The molecule has 1 amide bonds. The molecule has 0 saturated carbocycles. The van der Waals surface area contributed by atoms with Crippen LogP contribution in [-0.4, -0.2) is 40.9 Å². The zero-order valence-corrected chi connectivity index (χ0v) is 8.92. The molecule has 0 radical (unpaired) electrons. The van der Waals surface area contributed by atoms with Crippen LogP contribution in [0.5, 0.6) is 0 Å². The third-order valence-corrected chi connectivity index (χ3v) is 2.53. The average Bonchev–Trinajstić information content (AvgIpc) is 2.15. The van der Waals surface area contributed by atoms with Crippen molar-refractivity contribution in [3.8, 4) is 0 Å². The fraction of sp³-hybridized carbons (Fsp3) is 0.800. The van der Waals surface area contributed by atoms with Gasteiger partial charge in [-0.05, 0) is 12.8 Å². The number of nitrogens with zero attached hydrogens (tertiary/aromatic N) is 1. The number of carboxylic acids is 1. The van der Waals surface area contributed by atoms with Crippen molar-refractivity contribution in [2.75, 3.05) is 13.1 Å². The molecule has 1 fully saturated rings. The summed E-state index contributed by atoms with van der Waals surface area (Å²) in [6.45, 7) is -0.180. The van der Waals surface area contributed by atoms with Crippen molar-refractivity contribution >= 4 is 11.9 Å². The van der Waals surface area contributed by atoms with Crippen LogP contribution in [0, 0.1) is 0 Å². The molecule has 0 unspecified atom stereocenters. The van der Waals surface area contributed by atoms with Gasteiger partial charge in [0.25, 0.3) is 5.92 Å². The Morgan fingerprint density at radius 3 is 2.56 bits per heavy atom. The zero-order valence-electron chi connectivity index (χ0n) is 8.92. The predicted molar refractivity (Wildman–Crippen MR) is 52.2 cm³/mol. The lowest BCUT2D eigenvalue weighted by atomic mass is 10.1. The normalized spacial score (nSPS) is 19.5. The van der Waals surface area contributed by atoms with Gasteiger partial charge in [-0.2, -0.15) is 0 Å². The number of carboxylic acid groups (broad SMARTS) is 1. The maximum absolute atomic E-state index is 13.0. The minimum absolute atomic E-state index is 0.0301. The first-order chi connectivity index (χ1) is 7.41. The Hall–Kier alpha value is -1.20. The van der Waals surface area contributed by atoms with Gasteiger partial charge < -0.3 is 10.0 Å². The van der Waals surface area contributed by atoms with Gasteiger partial charge in [0.15, 0.2) is 0 Å². The van der Waals surface area contributed by atoms with Crippen molar-refractivity contribution in [1.29, 1.82) is 0 Å². The molecule has 0 spiro atoms. The molecule has 0 aromatic heterocycles. The molecule has 0 bridgehead atoms. The number of piperidine rings is 1. The Morgan fingerprint density at radius 2 is 2.00 bits per heavy atom. The number of alkyl halides is 2. The van der Waals surface area contributed by atoms with E-state index >= 15 is 0 Å². The molecule has 1 rings (SSSR count). The maximum Gasteiger partial charge on any atom is 0.303 e. The van der Waals surface area contributed by atoms with Crippen molar-refractivity contribution in [3.63, 3.8) is 0 Å². The molecule has 0 aromatic rings. The van der Waals surface area contributed by atoms with E-state index < -0.39 is 18.4 Å². The van der Waals surface area contributed by atoms with Gasteiger partial charge in [0.2, 0.25) is 5.91 Å². The van der Waals surface area contributed by atoms with E-state index in [4.69, 9.17) is 5.11 Å². The zero-order chi connectivity index (χ0) is 12.2. The molecule has 1 aliphatic heterocycles. The highest BCUT2D eigenvalue weighted by Gasteiger charge is 2.36. The molecule has 0 aliphatic carbocycles. The number of carbonyl (C=O) groups is 2. The Bertz CT molecular complexity index is 281. The molecular weight excluding hydrogens is 220 g/mol. The second-order valence-corrected chi connectivity index (χ2v) is 4.02. The van der Waals surface area contributed by atoms with Gasteiger partial charge in [-0.25, -0.2) is 8.78 Å². The van der Waals surface area contributed by atoms with Gasteiger partial charge in [0.1, 0.15) is 0 Å². The van der Waals surface area contributed by atoms with Crippen LogP contribution in [0.25, 0.3) is 0 Å². The van der Waals surface area contributed by atoms with E-state index in [1.54, 1.807) is 0 Å². The molecule has 4 nitrogen and oxygen atoms in total. The average molecular weight is 235 g/mol. The summed E-state index contributed by atoms with van der Waals surface area (Å²) >= 11 is 0. The minimum Gasteiger partial charge on any atom is -0.481 e. The van der Waals surface area contributed by atoms with E-state index in [0.29, 0.717) is 13.0 Å². The third-order valence-electron chi connectivity index (χ3n) is 2.53. The minimum atomic E-state index is -2.79. The van der Waals surface area contributed by atoms with Crippen molar-refractivity contribution in [3.05, 3.63) is 0 Å². The molecule has 1 saturated heterocycles. The van der Waals surface area contributed by atoms with E-state index in [2.05, 4.69) is 0 Å². The summed E-state index contributed by atoms with van der Waals surface area (Å²) in [5.74, 6) is -4.14. The number of aliphatic carboxylic acids is 1. The quantitative estimate of drug-likeness (QED) is 0.803. The van der Waals surface area contributed by atoms with E-state index in [-0.39, 0.29) is 31.6 Å². The lowest BCUT2D eigenvalue weighted by molar-refractivity contribution is -0.142. The summed E-state index contributed by atoms with van der Waals surface area (Å²) in [4.78, 5) is 22.8. The van der Waals surface area contributed by atoms with Gasteiger partial charge in [-0.15, -0.1) is 0 Å². The largest absolute Gasteiger partial charge is 0.481 e. The van der Waals surface area contributed by atoms with Crippen LogP contribution >= 0.6 is 0 Å². The lowest BCUT2D eigenvalue weighted by Crippen LogP contribution is -2.45. The Kier molecular flexibility index (Phi) is 4.20. The van der Waals surface area contributed by atoms with E-state index in [1.807, 2.05) is 0 Å². The van der Waals surface area contributed by atoms with Crippen LogP contribution in [0.1, 0.15) is 32.1 Å². The highest BCUT2D eigenvalue weighted by Crippen LogP contribution is 2.26. The van der Waals surface area contributed by atoms with Gasteiger partial charge in [0.05, 0.1) is 6.54 Å². The third kappa shape index (κ3) is 4.12. The fourth-order valence-electron chi connectivity index (χ4n) is 1.73. The fourth-order valence-corrected chi connectivity index (χ4v) is 1.73. The molecule has 0 aromatic carbocycles. The first-order valence-electron chi connectivity index (χ1n) is 5.28. The molecule has 1 N–H and O–H groups in total. The molecular formula is C10H15F2NO3. The van der Waals surface area contributed by atoms with Crippen LogP contribution in [0.2, 0.25) is 0 Å². The standard InChI is InChI=1S/C10H15F2NO3/c11-10(12)5-2-6-13(7-10)8(14)3-1-4-9(15)16/h1-7H2,(H,15,16). The van der Waals surface area contributed by atoms with E-state index in [0.717, 1.165) is 4.90 Å². The summed E-state index contributed by atoms with van der Waals surface area (Å²) in [7, 11) is 0. The second kappa shape index (κ2) is 5.23. The van der Waals surface area contributed by atoms with Crippen molar-refractivity contribution in [2.45, 2.75) is 38.0 Å². The van der Waals surface area contributed by atoms with E-state index in [1.165, 1.54) is 0 Å². The first kappa shape index (κ1) is 12.9. The van der Waals surface area contributed by atoms with Crippen molar-refractivity contribution in [2.24, 2.45) is 0 Å². The highest BCUT2D eigenvalue weighted by atomic mass is 19.3. The molecule has 92 valence electrons. The van der Waals surface area contributed by atoms with Crippen LogP contribution in [0.15, 0.2) is 0 Å². The summed E-state index contributed by atoms with van der Waals surface area (Å²) in [5, 5.41) is 8.37. The predicted octanol–water partition coefficient (Wildman–Crippen LogP) is 1.50. The topological polar surface area (TPSA) is 57.6 Å². The van der Waals surface area contributed by atoms with Crippen LogP contribution < -0.4 is 0 Å². The number of hydrogen-bond donors (Lipinski definition) is 1. The lowest BCUT2D eigenvalue weighted by Gasteiger charge is -2.32. The summed E-state index contributed by atoms with van der Waals surface area (Å²) in [6.07, 6.45) is 0.262. The molecule has 6 heteroatoms. The highest BCUT2D eigenvalue weighted by molar-refractivity contribution is 5.77. The number of hydrogen-bond acceptors (Lipinski definition) is 2. The van der Waals surface area contributed by atoms with Gasteiger partial charge >= 0.3 is 5.97 Å². The van der Waals surface area contributed by atoms with Crippen molar-refractivity contribution < 1.29 is 23.5 Å². The van der Waals surface area contributed by atoms with Crippen LogP contribution in [0.3, 0.4) is 0 Å². The Morgan fingerprint density at radius 1 is 1.31 bits per heavy atom. The van der Waals surface area contributed by atoms with Crippen molar-refractivity contribution in [1.82, 2.24) is 4.90 Å². The molecule has 1 heterocycles. The Labute approximate surface area is 92.2 Å². The number of halogens is 2. The molecule has 0 atom stereocenters. The van der Waals surface area contributed by atoms with E-state index in [9.17, 15) is 18.4 Å². The second-order valence-electron chi connectivity index (χ2n) is 4.02. The monoisotopic (exact) mass is 235 g/mol. The molecule has 1 aliphatic rings.